The number of nitriles is 1. The smallest absolute Gasteiger partial charge is 0.317 e. The molecule has 1 N–H and O–H groups in total. The van der Waals surface area contributed by atoms with Gasteiger partial charge in [0.25, 0.3) is 0 Å². The number of benzene rings is 1. The first kappa shape index (κ1) is 19.2. The van der Waals surface area contributed by atoms with Gasteiger partial charge in [0.1, 0.15) is 0 Å². The molecule has 1 saturated heterocycles. The first-order chi connectivity index (χ1) is 11.8. The molecule has 0 radical (unpaired) electrons. The van der Waals surface area contributed by atoms with Gasteiger partial charge in [0.05, 0.1) is 21.8 Å². The van der Waals surface area contributed by atoms with Gasteiger partial charge in [-0.2, -0.15) is 5.26 Å². The number of amides is 2. The van der Waals surface area contributed by atoms with Gasteiger partial charge in [-0.3, -0.25) is 0 Å². The minimum Gasteiger partial charge on any atom is -0.337 e. The Labute approximate surface area is 149 Å². The summed E-state index contributed by atoms with van der Waals surface area (Å²) in [6, 6.07) is 7.68. The number of nitrogens with zero attached hydrogens (tertiary/aromatic N) is 3. The Morgan fingerprint density at radius 2 is 2.04 bits per heavy atom. The number of urea groups is 1. The third-order valence-corrected chi connectivity index (χ3v) is 6.44. The maximum Gasteiger partial charge on any atom is 0.317 e. The normalized spacial score (nSPS) is 18.0. The van der Waals surface area contributed by atoms with Crippen molar-refractivity contribution in [1.29, 1.82) is 5.26 Å². The largest absolute Gasteiger partial charge is 0.337 e. The van der Waals surface area contributed by atoms with Crippen molar-refractivity contribution in [3.8, 4) is 6.07 Å². The van der Waals surface area contributed by atoms with Crippen molar-refractivity contribution in [2.45, 2.75) is 23.0 Å². The van der Waals surface area contributed by atoms with E-state index in [1.54, 1.807) is 4.90 Å². The van der Waals surface area contributed by atoms with Crippen LogP contribution in [0.2, 0.25) is 0 Å². The molecule has 7 nitrogen and oxygen atoms in total. The zero-order valence-electron chi connectivity index (χ0n) is 14.6. The number of sulfone groups is 1. The Hall–Kier alpha value is -2.11. The second-order valence-corrected chi connectivity index (χ2v) is 8.65. The summed E-state index contributed by atoms with van der Waals surface area (Å²) in [6.45, 7) is 2.01. The monoisotopic (exact) mass is 364 g/mol. The number of likely N-dealkylation sites (N-methyl/N-ethyl adjacent to an activating group) is 1. The minimum atomic E-state index is -3.53. The molecular formula is C17H24N4O3S. The van der Waals surface area contributed by atoms with Crippen LogP contribution in [-0.4, -0.2) is 69.8 Å². The van der Waals surface area contributed by atoms with Gasteiger partial charge in [-0.15, -0.1) is 0 Å². The molecule has 2 rings (SSSR count). The summed E-state index contributed by atoms with van der Waals surface area (Å²) >= 11 is 0. The second-order valence-electron chi connectivity index (χ2n) is 6.43. The van der Waals surface area contributed by atoms with Gasteiger partial charge in [0.2, 0.25) is 0 Å². The maximum atomic E-state index is 12.8. The lowest BCUT2D eigenvalue weighted by Gasteiger charge is -2.32. The van der Waals surface area contributed by atoms with E-state index in [2.05, 4.69) is 5.32 Å². The lowest BCUT2D eigenvalue weighted by atomic mass is 10.1. The Kier molecular flexibility index (Phi) is 6.39. The summed E-state index contributed by atoms with van der Waals surface area (Å²) in [5.41, 5.74) is 0.421. The number of nitrogens with one attached hydrogen (secondary N) is 1. The van der Waals surface area contributed by atoms with Crippen LogP contribution in [0.25, 0.3) is 0 Å². The SMILES string of the molecule is CN(C)CCNC(=O)N1CCCC(S(=O)(=O)c2ccc(C#N)cc2)C1. The molecule has 1 atom stereocenters. The van der Waals surface area contributed by atoms with Crippen LogP contribution < -0.4 is 5.32 Å². The third-order valence-electron chi connectivity index (χ3n) is 4.25. The molecular weight excluding hydrogens is 340 g/mol. The van der Waals surface area contributed by atoms with Crippen molar-refractivity contribution in [2.24, 2.45) is 0 Å². The van der Waals surface area contributed by atoms with Crippen LogP contribution in [0.5, 0.6) is 0 Å². The highest BCUT2D eigenvalue weighted by atomic mass is 32.2. The Bertz CT molecular complexity index is 738. The summed E-state index contributed by atoms with van der Waals surface area (Å²) in [4.78, 5) is 16.0. The topological polar surface area (TPSA) is 93.5 Å². The Balaban J connectivity index is 2.03. The summed E-state index contributed by atoms with van der Waals surface area (Å²) < 4.78 is 25.6. The number of carbonyl (C=O) groups is 1. The zero-order valence-corrected chi connectivity index (χ0v) is 15.4. The van der Waals surface area contributed by atoms with Crippen LogP contribution in [-0.2, 0) is 9.84 Å². The van der Waals surface area contributed by atoms with Crippen LogP contribution in [0.3, 0.4) is 0 Å². The number of hydrogen-bond donors (Lipinski definition) is 1. The van der Waals surface area contributed by atoms with Crippen LogP contribution >= 0.6 is 0 Å². The lowest BCUT2D eigenvalue weighted by Crippen LogP contribution is -2.49. The van der Waals surface area contributed by atoms with Gasteiger partial charge in [0.15, 0.2) is 9.84 Å². The molecule has 1 aliphatic heterocycles. The molecule has 1 heterocycles. The van der Waals surface area contributed by atoms with Gasteiger partial charge in [0, 0.05) is 26.2 Å². The molecule has 1 aromatic rings. The van der Waals surface area contributed by atoms with Crippen molar-refractivity contribution in [3.63, 3.8) is 0 Å². The number of piperidine rings is 1. The number of carbonyl (C=O) groups excluding carboxylic acids is 1. The van der Waals surface area contributed by atoms with Crippen molar-refractivity contribution in [2.75, 3.05) is 40.3 Å². The minimum absolute atomic E-state index is 0.191. The van der Waals surface area contributed by atoms with Gasteiger partial charge in [-0.25, -0.2) is 13.2 Å². The summed E-state index contributed by atoms with van der Waals surface area (Å²) in [6.07, 6.45) is 1.19. The molecule has 0 aliphatic carbocycles. The van der Waals surface area contributed by atoms with Crippen molar-refractivity contribution >= 4 is 15.9 Å². The van der Waals surface area contributed by atoms with E-state index in [0.29, 0.717) is 31.5 Å². The summed E-state index contributed by atoms with van der Waals surface area (Å²) in [7, 11) is 0.321. The van der Waals surface area contributed by atoms with Gasteiger partial charge in [-0.1, -0.05) is 0 Å². The van der Waals surface area contributed by atoms with E-state index in [4.69, 9.17) is 5.26 Å². The highest BCUT2D eigenvalue weighted by Crippen LogP contribution is 2.24. The van der Waals surface area contributed by atoms with Gasteiger partial charge < -0.3 is 15.1 Å². The first-order valence-corrected chi connectivity index (χ1v) is 9.81. The standard InChI is InChI=1S/C17H24N4O3S/c1-20(2)11-9-19-17(22)21-10-3-4-16(13-21)25(23,24)15-7-5-14(12-18)6-8-15/h5-8,16H,3-4,9-11,13H2,1-2H3,(H,19,22). The molecule has 1 aliphatic rings. The second kappa shape index (κ2) is 8.32. The van der Waals surface area contributed by atoms with Crippen molar-refractivity contribution in [3.05, 3.63) is 29.8 Å². The fourth-order valence-corrected chi connectivity index (χ4v) is 4.54. The van der Waals surface area contributed by atoms with Gasteiger partial charge >= 0.3 is 6.03 Å². The van der Waals surface area contributed by atoms with E-state index in [9.17, 15) is 13.2 Å². The lowest BCUT2D eigenvalue weighted by molar-refractivity contribution is 0.186. The molecule has 2 amide bonds. The van der Waals surface area contributed by atoms with Crippen LogP contribution in [0, 0.1) is 11.3 Å². The fraction of sp³-hybridized carbons (Fsp3) is 0.529. The number of likely N-dealkylation sites (tertiary alicyclic amines) is 1. The molecule has 25 heavy (non-hydrogen) atoms. The average molecular weight is 364 g/mol. The molecule has 0 bridgehead atoms. The molecule has 1 fully saturated rings. The zero-order chi connectivity index (χ0) is 18.4. The van der Waals surface area contributed by atoms with Crippen molar-refractivity contribution < 1.29 is 13.2 Å². The van der Waals surface area contributed by atoms with E-state index in [1.807, 2.05) is 25.1 Å². The summed E-state index contributed by atoms with van der Waals surface area (Å²) in [5.74, 6) is 0. The molecule has 136 valence electrons. The van der Waals surface area contributed by atoms with Crippen LogP contribution in [0.4, 0.5) is 4.79 Å². The van der Waals surface area contributed by atoms with Gasteiger partial charge in [-0.05, 0) is 51.2 Å². The molecule has 1 aromatic carbocycles. The van der Waals surface area contributed by atoms with Crippen LogP contribution in [0.15, 0.2) is 29.2 Å². The number of hydrogen-bond acceptors (Lipinski definition) is 5. The highest BCUT2D eigenvalue weighted by molar-refractivity contribution is 7.92. The van der Waals surface area contributed by atoms with E-state index in [-0.39, 0.29) is 17.5 Å². The molecule has 0 spiro atoms. The number of rotatable bonds is 5. The first-order valence-electron chi connectivity index (χ1n) is 8.26. The predicted octanol–water partition coefficient (Wildman–Crippen LogP) is 1.07. The third kappa shape index (κ3) is 4.94. The maximum absolute atomic E-state index is 12.8. The Morgan fingerprint density at radius 3 is 2.64 bits per heavy atom. The summed E-state index contributed by atoms with van der Waals surface area (Å²) in [5, 5.41) is 11.0. The Morgan fingerprint density at radius 1 is 1.36 bits per heavy atom. The van der Waals surface area contributed by atoms with E-state index in [1.165, 1.54) is 24.3 Å². The predicted molar refractivity (Wildman–Crippen MR) is 94.9 cm³/mol. The van der Waals surface area contributed by atoms with E-state index >= 15 is 0 Å². The van der Waals surface area contributed by atoms with E-state index in [0.717, 1.165) is 6.54 Å². The average Bonchev–Trinajstić information content (AvgIpc) is 2.61. The van der Waals surface area contributed by atoms with Crippen LogP contribution in [0.1, 0.15) is 18.4 Å². The quantitative estimate of drug-likeness (QED) is 0.843. The van der Waals surface area contributed by atoms with Crippen molar-refractivity contribution in [1.82, 2.24) is 15.1 Å². The molecule has 1 unspecified atom stereocenters. The fourth-order valence-electron chi connectivity index (χ4n) is 2.79. The molecule has 0 aromatic heterocycles. The highest BCUT2D eigenvalue weighted by Gasteiger charge is 2.33. The molecule has 8 heteroatoms. The molecule has 0 saturated carbocycles. The van der Waals surface area contributed by atoms with E-state index < -0.39 is 15.1 Å².